The number of anilines is 1. The summed E-state index contributed by atoms with van der Waals surface area (Å²) in [6.07, 6.45) is 1.52. The predicted octanol–water partition coefficient (Wildman–Crippen LogP) is 4.40. The molecule has 0 N–H and O–H groups in total. The fourth-order valence-electron chi connectivity index (χ4n) is 3.05. The van der Waals surface area contributed by atoms with Crippen LogP contribution in [-0.2, 0) is 14.3 Å². The Morgan fingerprint density at radius 2 is 1.85 bits per heavy atom. The molecule has 1 aliphatic rings. The molecule has 0 saturated carbocycles. The van der Waals surface area contributed by atoms with E-state index in [1.807, 2.05) is 31.2 Å². The Hall–Kier alpha value is -3.21. The van der Waals surface area contributed by atoms with Gasteiger partial charge in [0, 0.05) is 11.4 Å². The van der Waals surface area contributed by atoms with Crippen LogP contribution in [0.2, 0.25) is 0 Å². The van der Waals surface area contributed by atoms with Gasteiger partial charge in [0.05, 0.1) is 17.8 Å². The number of hydrogen-bond donors (Lipinski definition) is 0. The van der Waals surface area contributed by atoms with Crippen molar-refractivity contribution in [3.63, 3.8) is 0 Å². The molecule has 1 amide bonds. The first-order valence-electron chi connectivity index (χ1n) is 8.69. The van der Waals surface area contributed by atoms with E-state index >= 15 is 0 Å². The standard InChI is InChI=1S/C22H20FNO3/c1-4-27-22(26)20-15(3)24(18-10-8-14(2)9-11-18)21(25)19(20)13-16-6-5-7-17(23)12-16/h5-13H,4H2,1-3H3/b19-13-. The minimum absolute atomic E-state index is 0.192. The van der Waals surface area contributed by atoms with Gasteiger partial charge in [-0.25, -0.2) is 9.18 Å². The fourth-order valence-corrected chi connectivity index (χ4v) is 3.05. The van der Waals surface area contributed by atoms with Crippen molar-refractivity contribution < 1.29 is 18.7 Å². The summed E-state index contributed by atoms with van der Waals surface area (Å²) in [5.41, 5.74) is 3.10. The lowest BCUT2D eigenvalue weighted by atomic mass is 10.0. The number of amides is 1. The number of esters is 1. The second kappa shape index (κ2) is 7.58. The molecule has 0 spiro atoms. The number of aryl methyl sites for hydroxylation is 1. The summed E-state index contributed by atoms with van der Waals surface area (Å²) in [5.74, 6) is -1.33. The molecule has 0 unspecified atom stereocenters. The Morgan fingerprint density at radius 3 is 2.48 bits per heavy atom. The summed E-state index contributed by atoms with van der Waals surface area (Å²) in [7, 11) is 0. The van der Waals surface area contributed by atoms with Crippen LogP contribution in [0.25, 0.3) is 6.08 Å². The number of benzene rings is 2. The first-order chi connectivity index (χ1) is 12.9. The number of hydrogen-bond acceptors (Lipinski definition) is 3. The first-order valence-corrected chi connectivity index (χ1v) is 8.69. The smallest absolute Gasteiger partial charge is 0.340 e. The van der Waals surface area contributed by atoms with Gasteiger partial charge in [0.2, 0.25) is 0 Å². The molecule has 0 radical (unpaired) electrons. The zero-order valence-corrected chi connectivity index (χ0v) is 15.5. The number of ether oxygens (including phenoxy) is 1. The van der Waals surface area contributed by atoms with E-state index in [4.69, 9.17) is 4.74 Å². The van der Waals surface area contributed by atoms with Gasteiger partial charge >= 0.3 is 5.97 Å². The molecule has 1 heterocycles. The molecule has 5 heteroatoms. The average Bonchev–Trinajstić information content (AvgIpc) is 2.86. The van der Waals surface area contributed by atoms with Crippen molar-refractivity contribution >= 4 is 23.6 Å². The van der Waals surface area contributed by atoms with E-state index in [9.17, 15) is 14.0 Å². The lowest BCUT2D eigenvalue weighted by molar-refractivity contribution is -0.138. The number of halogens is 1. The summed E-state index contributed by atoms with van der Waals surface area (Å²) < 4.78 is 18.7. The van der Waals surface area contributed by atoms with Crippen LogP contribution in [-0.4, -0.2) is 18.5 Å². The van der Waals surface area contributed by atoms with Crippen LogP contribution < -0.4 is 4.90 Å². The van der Waals surface area contributed by atoms with Gasteiger partial charge in [0.15, 0.2) is 0 Å². The molecule has 2 aromatic rings. The normalized spacial score (nSPS) is 15.6. The molecule has 0 fully saturated rings. The predicted molar refractivity (Wildman–Crippen MR) is 102 cm³/mol. The van der Waals surface area contributed by atoms with Gasteiger partial charge in [0.25, 0.3) is 5.91 Å². The van der Waals surface area contributed by atoms with E-state index in [-0.39, 0.29) is 23.7 Å². The van der Waals surface area contributed by atoms with Crippen molar-refractivity contribution in [2.75, 3.05) is 11.5 Å². The molecule has 0 aliphatic carbocycles. The third kappa shape index (κ3) is 3.67. The molecule has 1 aliphatic heterocycles. The minimum Gasteiger partial charge on any atom is -0.462 e. The highest BCUT2D eigenvalue weighted by Gasteiger charge is 2.38. The van der Waals surface area contributed by atoms with E-state index in [1.54, 1.807) is 26.0 Å². The molecule has 3 rings (SSSR count). The third-order valence-electron chi connectivity index (χ3n) is 4.33. The van der Waals surface area contributed by atoms with Crippen molar-refractivity contribution in [1.29, 1.82) is 0 Å². The Balaban J connectivity index is 2.12. The number of rotatable bonds is 4. The highest BCUT2D eigenvalue weighted by Crippen LogP contribution is 2.35. The Morgan fingerprint density at radius 1 is 1.15 bits per heavy atom. The quantitative estimate of drug-likeness (QED) is 0.596. The van der Waals surface area contributed by atoms with Crippen molar-refractivity contribution in [1.82, 2.24) is 0 Å². The summed E-state index contributed by atoms with van der Waals surface area (Å²) >= 11 is 0. The van der Waals surface area contributed by atoms with Crippen molar-refractivity contribution in [2.24, 2.45) is 0 Å². The van der Waals surface area contributed by atoms with E-state index in [1.165, 1.54) is 23.1 Å². The molecule has 27 heavy (non-hydrogen) atoms. The van der Waals surface area contributed by atoms with Crippen molar-refractivity contribution in [2.45, 2.75) is 20.8 Å². The fraction of sp³-hybridized carbons (Fsp3) is 0.182. The van der Waals surface area contributed by atoms with Crippen LogP contribution in [0.4, 0.5) is 10.1 Å². The van der Waals surface area contributed by atoms with Crippen LogP contribution in [0.1, 0.15) is 25.0 Å². The molecular formula is C22H20FNO3. The Bertz CT molecular complexity index is 958. The first kappa shape index (κ1) is 18.6. The summed E-state index contributed by atoms with van der Waals surface area (Å²) in [4.78, 5) is 27.1. The molecule has 0 aromatic heterocycles. The molecule has 2 aromatic carbocycles. The lowest BCUT2D eigenvalue weighted by Crippen LogP contribution is -2.24. The number of carbonyl (C=O) groups excluding carboxylic acids is 2. The van der Waals surface area contributed by atoms with Gasteiger partial charge in [0.1, 0.15) is 5.82 Å². The maximum atomic E-state index is 13.5. The highest BCUT2D eigenvalue weighted by molar-refractivity contribution is 6.23. The SMILES string of the molecule is CCOC(=O)C1=C(C)N(c2ccc(C)cc2)C(=O)/C1=C\c1cccc(F)c1. The number of nitrogens with zero attached hydrogens (tertiary/aromatic N) is 1. The molecule has 138 valence electrons. The van der Waals surface area contributed by atoms with Gasteiger partial charge < -0.3 is 4.74 Å². The maximum absolute atomic E-state index is 13.5. The van der Waals surface area contributed by atoms with E-state index in [0.29, 0.717) is 16.9 Å². The van der Waals surface area contributed by atoms with E-state index < -0.39 is 11.8 Å². The highest BCUT2D eigenvalue weighted by atomic mass is 19.1. The van der Waals surface area contributed by atoms with Crippen molar-refractivity contribution in [3.05, 3.63) is 82.3 Å². The zero-order chi connectivity index (χ0) is 19.6. The van der Waals surface area contributed by atoms with Gasteiger partial charge in [-0.3, -0.25) is 9.69 Å². The lowest BCUT2D eigenvalue weighted by Gasteiger charge is -2.18. The second-order valence-electron chi connectivity index (χ2n) is 6.27. The molecular weight excluding hydrogens is 345 g/mol. The van der Waals surface area contributed by atoms with E-state index in [2.05, 4.69) is 0 Å². The number of carbonyl (C=O) groups is 2. The van der Waals surface area contributed by atoms with Gasteiger partial charge in [-0.2, -0.15) is 0 Å². The average molecular weight is 365 g/mol. The zero-order valence-electron chi connectivity index (χ0n) is 15.5. The monoisotopic (exact) mass is 365 g/mol. The van der Waals surface area contributed by atoms with Gasteiger partial charge in [-0.1, -0.05) is 29.8 Å². The molecule has 0 bridgehead atoms. The van der Waals surface area contributed by atoms with Crippen LogP contribution in [0, 0.1) is 12.7 Å². The third-order valence-corrected chi connectivity index (χ3v) is 4.33. The summed E-state index contributed by atoms with van der Waals surface area (Å²) in [6.45, 7) is 5.56. The van der Waals surface area contributed by atoms with Crippen molar-refractivity contribution in [3.8, 4) is 0 Å². The Kier molecular flexibility index (Phi) is 5.21. The molecule has 0 saturated heterocycles. The van der Waals surface area contributed by atoms with Crippen LogP contribution in [0.5, 0.6) is 0 Å². The molecule has 4 nitrogen and oxygen atoms in total. The van der Waals surface area contributed by atoms with E-state index in [0.717, 1.165) is 5.56 Å². The van der Waals surface area contributed by atoms with Gasteiger partial charge in [-0.05, 0) is 56.7 Å². The number of allylic oxidation sites excluding steroid dienone is 1. The summed E-state index contributed by atoms with van der Waals surface area (Å²) in [5, 5.41) is 0. The summed E-state index contributed by atoms with van der Waals surface area (Å²) in [6, 6.07) is 13.3. The van der Waals surface area contributed by atoms with Gasteiger partial charge in [-0.15, -0.1) is 0 Å². The Labute approximate surface area is 157 Å². The largest absolute Gasteiger partial charge is 0.462 e. The topological polar surface area (TPSA) is 46.6 Å². The second-order valence-corrected chi connectivity index (χ2v) is 6.27. The van der Waals surface area contributed by atoms with Crippen LogP contribution >= 0.6 is 0 Å². The van der Waals surface area contributed by atoms with Crippen LogP contribution in [0.3, 0.4) is 0 Å². The maximum Gasteiger partial charge on any atom is 0.340 e. The van der Waals surface area contributed by atoms with Crippen LogP contribution in [0.15, 0.2) is 65.4 Å². The molecule has 0 atom stereocenters. The minimum atomic E-state index is -0.569.